The fraction of sp³-hybridized carbons (Fsp3) is 0.552. The lowest BCUT2D eigenvalue weighted by molar-refractivity contribution is 0.0885. The Kier molecular flexibility index (Phi) is 8.75. The van der Waals surface area contributed by atoms with Crippen LogP contribution in [0, 0.1) is 5.92 Å². The van der Waals surface area contributed by atoms with Gasteiger partial charge in [0, 0.05) is 5.92 Å². The standard InChI is InChI=1S/C29H40O2/c1-4-5-6-13-20-29(2,3)25-18-19-26(28(30)24-16-11-8-12-17-24)27(21-25)31-22-23-14-9-7-10-15-23/h7,9-10,14-15,18-19,21,24H,4-6,8,11-13,16-17,20,22H2,1-3H3. The van der Waals surface area contributed by atoms with Crippen LogP contribution in [0.1, 0.15) is 106 Å². The normalized spacial score (nSPS) is 15.1. The highest BCUT2D eigenvalue weighted by Crippen LogP contribution is 2.36. The number of hydrogen-bond donors (Lipinski definition) is 0. The fourth-order valence-electron chi connectivity index (χ4n) is 4.72. The molecule has 1 saturated carbocycles. The zero-order chi connectivity index (χ0) is 22.1. The Morgan fingerprint density at radius 1 is 0.968 bits per heavy atom. The first-order chi connectivity index (χ1) is 15.0. The maximum Gasteiger partial charge on any atom is 0.169 e. The van der Waals surface area contributed by atoms with E-state index in [1.54, 1.807) is 0 Å². The Labute approximate surface area is 189 Å². The summed E-state index contributed by atoms with van der Waals surface area (Å²) in [5.74, 6) is 1.19. The van der Waals surface area contributed by atoms with Gasteiger partial charge in [0.05, 0.1) is 5.56 Å². The van der Waals surface area contributed by atoms with Crippen LogP contribution in [0.4, 0.5) is 0 Å². The van der Waals surface area contributed by atoms with E-state index < -0.39 is 0 Å². The minimum atomic E-state index is 0.0744. The maximum atomic E-state index is 13.4. The quantitative estimate of drug-likeness (QED) is 0.270. The van der Waals surface area contributed by atoms with Crippen molar-refractivity contribution in [3.05, 3.63) is 65.2 Å². The summed E-state index contributed by atoms with van der Waals surface area (Å²) < 4.78 is 6.29. The van der Waals surface area contributed by atoms with E-state index in [9.17, 15) is 4.79 Å². The van der Waals surface area contributed by atoms with Crippen LogP contribution in [-0.2, 0) is 12.0 Å². The molecule has 2 nitrogen and oxygen atoms in total. The van der Waals surface area contributed by atoms with Crippen LogP contribution in [0.25, 0.3) is 0 Å². The molecule has 0 amide bonds. The summed E-state index contributed by atoms with van der Waals surface area (Å²) in [5.41, 5.74) is 3.24. The average molecular weight is 421 g/mol. The summed E-state index contributed by atoms with van der Waals surface area (Å²) in [6.45, 7) is 7.38. The lowest BCUT2D eigenvalue weighted by atomic mass is 9.78. The first kappa shape index (κ1) is 23.6. The molecule has 2 aromatic rings. The number of carbonyl (C=O) groups is 1. The van der Waals surface area contributed by atoms with Crippen molar-refractivity contribution in [1.82, 2.24) is 0 Å². The molecule has 0 heterocycles. The van der Waals surface area contributed by atoms with Crippen LogP contribution in [0.5, 0.6) is 5.75 Å². The van der Waals surface area contributed by atoms with Crippen molar-refractivity contribution in [2.75, 3.05) is 0 Å². The summed E-state index contributed by atoms with van der Waals surface area (Å²) >= 11 is 0. The van der Waals surface area contributed by atoms with Crippen LogP contribution in [0.2, 0.25) is 0 Å². The van der Waals surface area contributed by atoms with E-state index in [4.69, 9.17) is 4.74 Å². The van der Waals surface area contributed by atoms with E-state index in [0.717, 1.165) is 36.1 Å². The molecule has 1 fully saturated rings. The van der Waals surface area contributed by atoms with E-state index in [0.29, 0.717) is 6.61 Å². The van der Waals surface area contributed by atoms with Crippen LogP contribution >= 0.6 is 0 Å². The molecule has 0 atom stereocenters. The molecule has 168 valence electrons. The van der Waals surface area contributed by atoms with Crippen molar-refractivity contribution in [1.29, 1.82) is 0 Å². The van der Waals surface area contributed by atoms with E-state index in [-0.39, 0.29) is 17.1 Å². The second-order valence-electron chi connectivity index (χ2n) is 9.88. The van der Waals surface area contributed by atoms with Gasteiger partial charge in [-0.25, -0.2) is 0 Å². The van der Waals surface area contributed by atoms with Crippen molar-refractivity contribution >= 4 is 5.78 Å². The molecule has 0 unspecified atom stereocenters. The van der Waals surface area contributed by atoms with Crippen LogP contribution in [0.15, 0.2) is 48.5 Å². The zero-order valence-corrected chi connectivity index (χ0v) is 19.8. The molecule has 0 saturated heterocycles. The first-order valence-corrected chi connectivity index (χ1v) is 12.4. The van der Waals surface area contributed by atoms with Gasteiger partial charge in [-0.3, -0.25) is 4.79 Å². The second-order valence-corrected chi connectivity index (χ2v) is 9.88. The van der Waals surface area contributed by atoms with Crippen molar-refractivity contribution in [3.63, 3.8) is 0 Å². The monoisotopic (exact) mass is 420 g/mol. The summed E-state index contributed by atoms with van der Waals surface area (Å²) in [6, 6.07) is 16.6. The van der Waals surface area contributed by atoms with Gasteiger partial charge in [0.1, 0.15) is 12.4 Å². The summed E-state index contributed by atoms with van der Waals surface area (Å²) in [4.78, 5) is 13.4. The predicted octanol–water partition coefficient (Wildman–Crippen LogP) is 8.28. The lowest BCUT2D eigenvalue weighted by Crippen LogP contribution is -2.21. The fourth-order valence-corrected chi connectivity index (χ4v) is 4.72. The largest absolute Gasteiger partial charge is 0.488 e. The molecule has 0 spiro atoms. The van der Waals surface area contributed by atoms with Crippen LogP contribution in [0.3, 0.4) is 0 Å². The van der Waals surface area contributed by atoms with Gasteiger partial charge in [0.2, 0.25) is 0 Å². The van der Waals surface area contributed by atoms with Gasteiger partial charge in [-0.2, -0.15) is 0 Å². The molecule has 1 aliphatic rings. The molecule has 31 heavy (non-hydrogen) atoms. The number of Topliss-reactive ketones (excluding diaryl/α,β-unsaturated/α-hetero) is 1. The number of carbonyl (C=O) groups excluding carboxylic acids is 1. The van der Waals surface area contributed by atoms with Gasteiger partial charge < -0.3 is 4.74 Å². The Bertz CT molecular complexity index is 816. The van der Waals surface area contributed by atoms with E-state index in [1.807, 2.05) is 24.3 Å². The van der Waals surface area contributed by atoms with Gasteiger partial charge >= 0.3 is 0 Å². The van der Waals surface area contributed by atoms with Crippen molar-refractivity contribution in [3.8, 4) is 5.75 Å². The number of ketones is 1. The van der Waals surface area contributed by atoms with Crippen LogP contribution < -0.4 is 4.74 Å². The molecule has 0 aromatic heterocycles. The maximum absolute atomic E-state index is 13.4. The van der Waals surface area contributed by atoms with Crippen molar-refractivity contribution in [2.45, 2.75) is 97.0 Å². The highest BCUT2D eigenvalue weighted by atomic mass is 16.5. The molecule has 2 heteroatoms. The van der Waals surface area contributed by atoms with Crippen molar-refractivity contribution < 1.29 is 9.53 Å². The van der Waals surface area contributed by atoms with E-state index >= 15 is 0 Å². The highest BCUT2D eigenvalue weighted by Gasteiger charge is 2.27. The Morgan fingerprint density at radius 2 is 1.71 bits per heavy atom. The topological polar surface area (TPSA) is 26.3 Å². The van der Waals surface area contributed by atoms with Crippen LogP contribution in [-0.4, -0.2) is 5.78 Å². The molecule has 1 aliphatic carbocycles. The molecule has 2 aromatic carbocycles. The van der Waals surface area contributed by atoms with E-state index in [2.05, 4.69) is 45.0 Å². The van der Waals surface area contributed by atoms with Gasteiger partial charge in [-0.05, 0) is 47.9 Å². The van der Waals surface area contributed by atoms with Gasteiger partial charge in [0.25, 0.3) is 0 Å². The van der Waals surface area contributed by atoms with Crippen molar-refractivity contribution in [2.24, 2.45) is 5.92 Å². The molecule has 0 aliphatic heterocycles. The van der Waals surface area contributed by atoms with Gasteiger partial charge in [-0.15, -0.1) is 0 Å². The van der Waals surface area contributed by atoms with E-state index in [1.165, 1.54) is 50.5 Å². The summed E-state index contributed by atoms with van der Waals surface area (Å²) in [6.07, 6.45) is 11.9. The molecule has 0 N–H and O–H groups in total. The third-order valence-corrected chi connectivity index (χ3v) is 6.90. The number of unbranched alkanes of at least 4 members (excludes halogenated alkanes) is 3. The summed E-state index contributed by atoms with van der Waals surface area (Å²) in [7, 11) is 0. The molecule has 0 bridgehead atoms. The minimum Gasteiger partial charge on any atom is -0.488 e. The van der Waals surface area contributed by atoms with Gasteiger partial charge in [0.15, 0.2) is 5.78 Å². The second kappa shape index (κ2) is 11.5. The smallest absolute Gasteiger partial charge is 0.169 e. The number of rotatable bonds is 11. The Balaban J connectivity index is 1.82. The molecule has 0 radical (unpaired) electrons. The predicted molar refractivity (Wildman–Crippen MR) is 130 cm³/mol. The van der Waals surface area contributed by atoms with Gasteiger partial charge in [-0.1, -0.05) is 102 Å². The number of ether oxygens (including phenoxy) is 1. The molecule has 3 rings (SSSR count). The Hall–Kier alpha value is -2.09. The first-order valence-electron chi connectivity index (χ1n) is 12.4. The average Bonchev–Trinajstić information content (AvgIpc) is 2.81. The highest BCUT2D eigenvalue weighted by molar-refractivity contribution is 6.00. The SMILES string of the molecule is CCCCCCC(C)(C)c1ccc(C(=O)C2CCCCC2)c(OCc2ccccc2)c1. The zero-order valence-electron chi connectivity index (χ0n) is 19.8. The molecular formula is C29H40O2. The minimum absolute atomic E-state index is 0.0744. The third kappa shape index (κ3) is 6.69. The third-order valence-electron chi connectivity index (χ3n) is 6.90. The summed E-state index contributed by atoms with van der Waals surface area (Å²) in [5, 5.41) is 0. The Morgan fingerprint density at radius 3 is 2.42 bits per heavy atom. The lowest BCUT2D eigenvalue weighted by Gasteiger charge is -2.27. The number of hydrogen-bond acceptors (Lipinski definition) is 2. The molecular weight excluding hydrogens is 380 g/mol. The number of benzene rings is 2.